The fraction of sp³-hybridized carbons (Fsp3) is 0.909. The van der Waals surface area contributed by atoms with Crippen molar-refractivity contribution in [2.45, 2.75) is 291 Å². The molecular weight excluding hydrogens is 963 g/mol. The Bertz CT molecular complexity index is 1460. The highest BCUT2D eigenvalue weighted by atomic mass is 16.8. The predicted octanol–water partition coefficient (Wildman–Crippen LogP) is 3.98. The Hall–Kier alpha value is -1.73. The minimum atomic E-state index is -1.98. The molecule has 3 saturated heterocycles. The van der Waals surface area contributed by atoms with Gasteiger partial charge >= 0.3 is 0 Å². The predicted molar refractivity (Wildman–Crippen MR) is 277 cm³/mol. The van der Waals surface area contributed by atoms with E-state index in [0.717, 1.165) is 64.2 Å². The van der Waals surface area contributed by atoms with Crippen LogP contribution in [0.1, 0.15) is 187 Å². The number of hydrogen-bond acceptors (Lipinski definition) is 18. The van der Waals surface area contributed by atoms with Crippen LogP contribution >= 0.6 is 0 Å². The molecule has 0 radical (unpaired) electrons. The summed E-state index contributed by atoms with van der Waals surface area (Å²) in [6.45, 7) is 1.69. The fourth-order valence-corrected chi connectivity index (χ4v) is 9.71. The van der Waals surface area contributed by atoms with Crippen molar-refractivity contribution >= 4 is 5.91 Å². The van der Waals surface area contributed by atoms with Crippen LogP contribution in [0.25, 0.3) is 0 Å². The number of ether oxygens (including phenoxy) is 6. The van der Waals surface area contributed by atoms with Gasteiger partial charge < -0.3 is 89.9 Å². The first-order chi connectivity index (χ1) is 35.8. The highest BCUT2D eigenvalue weighted by Gasteiger charge is 2.53. The van der Waals surface area contributed by atoms with Crippen molar-refractivity contribution in [3.63, 3.8) is 0 Å². The van der Waals surface area contributed by atoms with Crippen molar-refractivity contribution in [3.8, 4) is 0 Å². The number of amides is 1. The SMILES string of the molecule is CCCCCCCC/C=C\CCCCCCCC(=O)NC(COC1OC(CO)C(OC2OC(CO)C(OC3OC(CO)C(O)C(O)C3O)C(O)C2O)C(O)C1O)C(O)/C=C/CCCCCCCCCCCCCC. The molecule has 19 nitrogen and oxygen atoms in total. The number of carbonyl (C=O) groups excluding carboxylic acids is 1. The molecule has 0 aromatic rings. The van der Waals surface area contributed by atoms with Crippen LogP contribution in [-0.2, 0) is 33.2 Å². The van der Waals surface area contributed by atoms with Crippen LogP contribution in [0.3, 0.4) is 0 Å². The summed E-state index contributed by atoms with van der Waals surface area (Å²) in [5, 5.41) is 120. The molecule has 0 spiro atoms. The Kier molecular flexibility index (Phi) is 35.6. The molecule has 74 heavy (non-hydrogen) atoms. The van der Waals surface area contributed by atoms with E-state index >= 15 is 0 Å². The molecule has 0 aliphatic carbocycles. The number of rotatable bonds is 41. The van der Waals surface area contributed by atoms with Crippen LogP contribution in [0.15, 0.2) is 24.3 Å². The van der Waals surface area contributed by atoms with E-state index in [1.165, 1.54) is 96.3 Å². The molecule has 1 amide bonds. The Morgan fingerprint density at radius 3 is 1.31 bits per heavy atom. The zero-order chi connectivity index (χ0) is 54.1. The number of hydrogen-bond donors (Lipinski definition) is 12. The molecule has 19 heteroatoms. The number of allylic oxidation sites excluding steroid dienone is 3. The van der Waals surface area contributed by atoms with Crippen molar-refractivity contribution in [1.29, 1.82) is 0 Å². The number of unbranched alkanes of at least 4 members (excludes halogenated alkanes) is 23. The van der Waals surface area contributed by atoms with Gasteiger partial charge in [0.05, 0.1) is 38.6 Å². The maximum absolute atomic E-state index is 13.3. The average molecular weight is 1060 g/mol. The lowest BCUT2D eigenvalue weighted by Crippen LogP contribution is -2.66. The third-order valence-electron chi connectivity index (χ3n) is 14.5. The second-order valence-electron chi connectivity index (χ2n) is 20.8. The van der Waals surface area contributed by atoms with Gasteiger partial charge in [0.25, 0.3) is 0 Å². The van der Waals surface area contributed by atoms with Gasteiger partial charge in [-0.05, 0) is 44.9 Å². The maximum atomic E-state index is 13.3. The van der Waals surface area contributed by atoms with E-state index in [1.807, 2.05) is 6.08 Å². The summed E-state index contributed by atoms with van der Waals surface area (Å²) in [5.41, 5.74) is 0. The van der Waals surface area contributed by atoms with Gasteiger partial charge in [0, 0.05) is 6.42 Å². The highest BCUT2D eigenvalue weighted by molar-refractivity contribution is 5.76. The molecule has 17 atom stereocenters. The summed E-state index contributed by atoms with van der Waals surface area (Å²) in [6.07, 6.45) is 11.6. The fourth-order valence-electron chi connectivity index (χ4n) is 9.71. The molecule has 3 heterocycles. The van der Waals surface area contributed by atoms with Crippen molar-refractivity contribution in [2.75, 3.05) is 26.4 Å². The minimum absolute atomic E-state index is 0.234. The van der Waals surface area contributed by atoms with Crippen LogP contribution in [0.5, 0.6) is 0 Å². The zero-order valence-electron chi connectivity index (χ0n) is 44.8. The third-order valence-corrected chi connectivity index (χ3v) is 14.5. The van der Waals surface area contributed by atoms with E-state index in [1.54, 1.807) is 6.08 Å². The molecule has 3 rings (SSSR count). The van der Waals surface area contributed by atoms with Gasteiger partial charge in [-0.1, -0.05) is 160 Å². The first kappa shape index (κ1) is 66.5. The van der Waals surface area contributed by atoms with Crippen molar-refractivity contribution < 1.29 is 89.4 Å². The summed E-state index contributed by atoms with van der Waals surface area (Å²) in [6, 6.07) is -0.973. The van der Waals surface area contributed by atoms with Gasteiger partial charge in [0.1, 0.15) is 73.2 Å². The van der Waals surface area contributed by atoms with Crippen molar-refractivity contribution in [2.24, 2.45) is 0 Å². The Morgan fingerprint density at radius 2 is 0.851 bits per heavy atom. The first-order valence-electron chi connectivity index (χ1n) is 28.6. The van der Waals surface area contributed by atoms with Gasteiger partial charge in [-0.2, -0.15) is 0 Å². The minimum Gasteiger partial charge on any atom is -0.394 e. The number of nitrogens with one attached hydrogen (secondary N) is 1. The molecule has 0 aromatic carbocycles. The lowest BCUT2D eigenvalue weighted by atomic mass is 9.96. The van der Waals surface area contributed by atoms with Crippen LogP contribution in [0.4, 0.5) is 0 Å². The smallest absolute Gasteiger partial charge is 0.220 e. The summed E-state index contributed by atoms with van der Waals surface area (Å²) in [7, 11) is 0. The molecule has 3 aliphatic heterocycles. The van der Waals surface area contributed by atoms with E-state index in [4.69, 9.17) is 28.4 Å². The van der Waals surface area contributed by atoms with Crippen LogP contribution in [0.2, 0.25) is 0 Å². The molecule has 17 unspecified atom stereocenters. The molecule has 0 saturated carbocycles. The van der Waals surface area contributed by atoms with E-state index in [-0.39, 0.29) is 18.9 Å². The number of aliphatic hydroxyl groups is 11. The number of aliphatic hydroxyl groups excluding tert-OH is 11. The van der Waals surface area contributed by atoms with Gasteiger partial charge in [0.2, 0.25) is 5.91 Å². The van der Waals surface area contributed by atoms with Crippen molar-refractivity contribution in [3.05, 3.63) is 24.3 Å². The van der Waals surface area contributed by atoms with Gasteiger partial charge in [-0.15, -0.1) is 0 Å². The first-order valence-corrected chi connectivity index (χ1v) is 28.6. The third kappa shape index (κ3) is 24.1. The number of carbonyl (C=O) groups is 1. The summed E-state index contributed by atoms with van der Waals surface area (Å²) >= 11 is 0. The Morgan fingerprint density at radius 1 is 0.473 bits per heavy atom. The highest BCUT2D eigenvalue weighted by Crippen LogP contribution is 2.33. The largest absolute Gasteiger partial charge is 0.394 e. The van der Waals surface area contributed by atoms with E-state index in [9.17, 15) is 61.0 Å². The zero-order valence-corrected chi connectivity index (χ0v) is 44.8. The second kappa shape index (κ2) is 39.6. The monoisotopic (exact) mass is 1060 g/mol. The van der Waals surface area contributed by atoms with E-state index in [2.05, 4.69) is 31.3 Å². The molecule has 0 aromatic heterocycles. The van der Waals surface area contributed by atoms with Crippen molar-refractivity contribution in [1.82, 2.24) is 5.32 Å². The normalized spacial score (nSPS) is 31.6. The van der Waals surface area contributed by atoms with Gasteiger partial charge in [-0.3, -0.25) is 4.79 Å². The van der Waals surface area contributed by atoms with Crippen LogP contribution < -0.4 is 5.32 Å². The lowest BCUT2D eigenvalue weighted by molar-refractivity contribution is -0.379. The van der Waals surface area contributed by atoms with Gasteiger partial charge in [0.15, 0.2) is 18.9 Å². The molecule has 0 bridgehead atoms. The molecular formula is C55H101NO18. The van der Waals surface area contributed by atoms with Gasteiger partial charge in [-0.25, -0.2) is 0 Å². The maximum Gasteiger partial charge on any atom is 0.220 e. The Labute approximate surface area is 441 Å². The summed E-state index contributed by atoms with van der Waals surface area (Å²) in [5.74, 6) is -0.285. The van der Waals surface area contributed by atoms with Crippen LogP contribution in [0, 0.1) is 0 Å². The van der Waals surface area contributed by atoms with E-state index in [0.29, 0.717) is 6.42 Å². The summed E-state index contributed by atoms with van der Waals surface area (Å²) in [4.78, 5) is 13.3. The quantitative estimate of drug-likeness (QED) is 0.0304. The van der Waals surface area contributed by atoms with E-state index < -0.39 is 124 Å². The molecule has 3 aliphatic rings. The molecule has 3 fully saturated rings. The molecule has 12 N–H and O–H groups in total. The Balaban J connectivity index is 1.54. The standard InChI is InChI=1S/C55H101NO18/c1-3-5-7-9-11-13-15-17-19-21-23-25-27-29-31-33-43(61)56-38(39(60)32-30-28-26-24-22-20-18-16-14-12-10-8-6-4-2)37-69-53-49(67)46(64)51(41(35-58)71-53)74-55-50(68)47(65)52(42(36-59)72-55)73-54-48(66)45(63)44(62)40(34-57)70-54/h17,19,30,32,38-42,44-55,57-60,62-68H,3-16,18,20-29,31,33-37H2,1-2H3,(H,56,61)/b19-17-,32-30+. The molecule has 434 valence electrons. The lowest BCUT2D eigenvalue weighted by Gasteiger charge is -2.48. The second-order valence-corrected chi connectivity index (χ2v) is 20.8. The average Bonchev–Trinajstić information content (AvgIpc) is 3.40. The topological polar surface area (TPSA) is 307 Å². The summed E-state index contributed by atoms with van der Waals surface area (Å²) < 4.78 is 34.2. The van der Waals surface area contributed by atoms with Crippen LogP contribution in [-0.4, -0.2) is 193 Å².